The molecule has 0 saturated heterocycles. The normalized spacial score (nSPS) is 10.8. The zero-order valence-corrected chi connectivity index (χ0v) is 12.5. The third kappa shape index (κ3) is 2.86. The number of benzene rings is 1. The molecule has 0 radical (unpaired) electrons. The number of pyridine rings is 1. The Morgan fingerprint density at radius 3 is 2.45 bits per heavy atom. The maximum atomic E-state index is 14.2. The Morgan fingerprint density at radius 2 is 1.95 bits per heavy atom. The van der Waals surface area contributed by atoms with Crippen molar-refractivity contribution in [3.8, 4) is 16.9 Å². The molecular weight excluding hydrogens is 289 g/mol. The van der Waals surface area contributed by atoms with Crippen LogP contribution in [-0.2, 0) is 0 Å². The summed E-state index contributed by atoms with van der Waals surface area (Å²) in [6, 6.07) is 4.01. The molecule has 5 nitrogen and oxygen atoms in total. The van der Waals surface area contributed by atoms with Crippen LogP contribution in [-0.4, -0.2) is 22.8 Å². The molecule has 0 aliphatic carbocycles. The maximum Gasteiger partial charge on any atom is 0.341 e. The molecule has 0 aliphatic rings. The molecule has 1 N–H and O–H groups in total. The van der Waals surface area contributed by atoms with Crippen LogP contribution >= 0.6 is 0 Å². The summed E-state index contributed by atoms with van der Waals surface area (Å²) in [6.07, 6.45) is 2.73. The average molecular weight is 305 g/mol. The lowest BCUT2D eigenvalue weighted by Crippen LogP contribution is -2.20. The molecule has 1 aromatic carbocycles. The highest BCUT2D eigenvalue weighted by atomic mass is 19.1. The number of ether oxygens (including phenoxy) is 1. The fraction of sp³-hybridized carbons (Fsp3) is 0.250. The monoisotopic (exact) mass is 305 g/mol. The van der Waals surface area contributed by atoms with Gasteiger partial charge >= 0.3 is 5.97 Å². The van der Waals surface area contributed by atoms with Crippen LogP contribution in [0.25, 0.3) is 11.1 Å². The summed E-state index contributed by atoms with van der Waals surface area (Å²) in [5, 5.41) is 9.17. The predicted octanol–water partition coefficient (Wildman–Crippen LogP) is 2.94. The number of halogens is 1. The van der Waals surface area contributed by atoms with Gasteiger partial charge in [-0.25, -0.2) is 9.18 Å². The Kier molecular flexibility index (Phi) is 4.30. The first-order valence-electron chi connectivity index (χ1n) is 6.68. The Hall–Kier alpha value is -2.63. The van der Waals surface area contributed by atoms with E-state index in [1.54, 1.807) is 4.57 Å². The summed E-state index contributed by atoms with van der Waals surface area (Å²) >= 11 is 0. The second-order valence-corrected chi connectivity index (χ2v) is 5.11. The van der Waals surface area contributed by atoms with Crippen molar-refractivity contribution in [2.75, 3.05) is 7.11 Å². The van der Waals surface area contributed by atoms with Crippen molar-refractivity contribution in [1.29, 1.82) is 0 Å². The van der Waals surface area contributed by atoms with Crippen molar-refractivity contribution < 1.29 is 19.0 Å². The average Bonchev–Trinajstić information content (AvgIpc) is 2.47. The lowest BCUT2D eigenvalue weighted by atomic mass is 10.0. The Labute approximate surface area is 126 Å². The third-order valence-corrected chi connectivity index (χ3v) is 3.34. The van der Waals surface area contributed by atoms with Crippen LogP contribution in [0.5, 0.6) is 5.75 Å². The van der Waals surface area contributed by atoms with Crippen LogP contribution in [0.4, 0.5) is 4.39 Å². The van der Waals surface area contributed by atoms with Gasteiger partial charge in [-0.2, -0.15) is 0 Å². The smallest absolute Gasteiger partial charge is 0.341 e. The van der Waals surface area contributed by atoms with Crippen molar-refractivity contribution in [2.45, 2.75) is 19.9 Å². The molecule has 0 bridgehead atoms. The summed E-state index contributed by atoms with van der Waals surface area (Å²) in [5.74, 6) is -1.66. The van der Waals surface area contributed by atoms with Gasteiger partial charge in [-0.15, -0.1) is 0 Å². The van der Waals surface area contributed by atoms with E-state index >= 15 is 0 Å². The largest absolute Gasteiger partial charge is 0.497 e. The van der Waals surface area contributed by atoms with E-state index in [2.05, 4.69) is 0 Å². The molecule has 116 valence electrons. The van der Waals surface area contributed by atoms with Crippen molar-refractivity contribution in [1.82, 2.24) is 4.57 Å². The summed E-state index contributed by atoms with van der Waals surface area (Å²) in [5.41, 5.74) is -1.05. The Morgan fingerprint density at radius 1 is 1.27 bits per heavy atom. The SMILES string of the molecule is COc1ccc(-c2cn(C(C)C)cc(C(=O)O)c2=O)c(F)c1. The zero-order chi connectivity index (χ0) is 16.4. The summed E-state index contributed by atoms with van der Waals surface area (Å²) in [7, 11) is 1.41. The van der Waals surface area contributed by atoms with Crippen LogP contribution in [0.2, 0.25) is 0 Å². The van der Waals surface area contributed by atoms with Crippen LogP contribution in [0.3, 0.4) is 0 Å². The second-order valence-electron chi connectivity index (χ2n) is 5.11. The second kappa shape index (κ2) is 6.01. The van der Waals surface area contributed by atoms with Gasteiger partial charge in [-0.05, 0) is 26.0 Å². The Balaban J connectivity index is 2.74. The summed E-state index contributed by atoms with van der Waals surface area (Å²) in [6.45, 7) is 3.68. The number of rotatable bonds is 4. The first kappa shape index (κ1) is 15.8. The van der Waals surface area contributed by atoms with Crippen molar-refractivity contribution >= 4 is 5.97 Å². The highest BCUT2D eigenvalue weighted by molar-refractivity contribution is 5.88. The number of aromatic carboxylic acids is 1. The van der Waals surface area contributed by atoms with Crippen molar-refractivity contribution in [2.24, 2.45) is 0 Å². The molecule has 0 fully saturated rings. The quantitative estimate of drug-likeness (QED) is 0.943. The minimum atomic E-state index is -1.34. The molecule has 0 atom stereocenters. The predicted molar refractivity (Wildman–Crippen MR) is 80.0 cm³/mol. The topological polar surface area (TPSA) is 68.5 Å². The third-order valence-electron chi connectivity index (χ3n) is 3.34. The number of carbonyl (C=O) groups is 1. The van der Waals surface area contributed by atoms with Gasteiger partial charge in [0.25, 0.3) is 0 Å². The Bertz CT molecular complexity index is 780. The van der Waals surface area contributed by atoms with Gasteiger partial charge in [0.15, 0.2) is 0 Å². The van der Waals surface area contributed by atoms with Crippen molar-refractivity contribution in [3.63, 3.8) is 0 Å². The molecule has 0 aliphatic heterocycles. The molecular formula is C16H16FNO4. The first-order valence-corrected chi connectivity index (χ1v) is 6.68. The van der Waals surface area contributed by atoms with Crippen LogP contribution in [0, 0.1) is 5.82 Å². The molecule has 1 heterocycles. The fourth-order valence-electron chi connectivity index (χ4n) is 2.08. The van der Waals surface area contributed by atoms with E-state index in [9.17, 15) is 14.0 Å². The standard InChI is InChI=1S/C16H16FNO4/c1-9(2)18-7-12(15(19)13(8-18)16(20)21)11-5-4-10(22-3)6-14(11)17/h4-9H,1-3H3,(H,20,21). The van der Waals surface area contributed by atoms with Gasteiger partial charge in [-0.1, -0.05) is 0 Å². The van der Waals surface area contributed by atoms with E-state index < -0.39 is 17.2 Å². The van der Waals surface area contributed by atoms with Gasteiger partial charge in [0.1, 0.15) is 17.1 Å². The lowest BCUT2D eigenvalue weighted by molar-refractivity contribution is 0.0694. The van der Waals surface area contributed by atoms with Gasteiger partial charge in [0.05, 0.1) is 7.11 Å². The fourth-order valence-corrected chi connectivity index (χ4v) is 2.08. The minimum absolute atomic E-state index is 0.00810. The number of aromatic nitrogens is 1. The van der Waals surface area contributed by atoms with E-state index in [0.29, 0.717) is 5.75 Å². The minimum Gasteiger partial charge on any atom is -0.497 e. The van der Waals surface area contributed by atoms with Crippen LogP contribution in [0.1, 0.15) is 30.2 Å². The first-order chi connectivity index (χ1) is 10.3. The number of hydrogen-bond donors (Lipinski definition) is 1. The van der Waals surface area contributed by atoms with Gasteiger partial charge in [-0.3, -0.25) is 4.79 Å². The summed E-state index contributed by atoms with van der Waals surface area (Å²) in [4.78, 5) is 23.5. The van der Waals surface area contributed by atoms with Gasteiger partial charge in [0, 0.05) is 35.6 Å². The van der Waals surface area contributed by atoms with E-state index in [4.69, 9.17) is 9.84 Å². The molecule has 0 amide bonds. The summed E-state index contributed by atoms with van der Waals surface area (Å²) < 4.78 is 20.7. The number of methoxy groups -OCH3 is 1. The van der Waals surface area contributed by atoms with Gasteiger partial charge < -0.3 is 14.4 Å². The highest BCUT2D eigenvalue weighted by Gasteiger charge is 2.18. The van der Waals surface area contributed by atoms with Crippen LogP contribution in [0.15, 0.2) is 35.4 Å². The molecule has 2 rings (SSSR count). The lowest BCUT2D eigenvalue weighted by Gasteiger charge is -2.14. The molecule has 0 unspecified atom stereocenters. The molecule has 0 spiro atoms. The molecule has 1 aromatic heterocycles. The van der Waals surface area contributed by atoms with Crippen molar-refractivity contribution in [3.05, 3.63) is 52.2 Å². The molecule has 22 heavy (non-hydrogen) atoms. The number of hydrogen-bond acceptors (Lipinski definition) is 3. The number of carboxylic acids is 1. The van der Waals surface area contributed by atoms with Crippen LogP contribution < -0.4 is 10.2 Å². The number of carboxylic acid groups (broad SMARTS) is 1. The van der Waals surface area contributed by atoms with E-state index in [0.717, 1.165) is 6.07 Å². The van der Waals surface area contributed by atoms with Gasteiger partial charge in [0.2, 0.25) is 5.43 Å². The number of nitrogens with zero attached hydrogens (tertiary/aromatic N) is 1. The molecule has 2 aromatic rings. The maximum absolute atomic E-state index is 14.2. The highest BCUT2D eigenvalue weighted by Crippen LogP contribution is 2.25. The van der Waals surface area contributed by atoms with E-state index in [1.807, 2.05) is 13.8 Å². The zero-order valence-electron chi connectivity index (χ0n) is 12.5. The van der Waals surface area contributed by atoms with E-state index in [-0.39, 0.29) is 22.7 Å². The van der Waals surface area contributed by atoms with E-state index in [1.165, 1.54) is 31.6 Å². The molecule has 0 saturated carbocycles. The molecule has 6 heteroatoms.